The van der Waals surface area contributed by atoms with Gasteiger partial charge in [0.05, 0.1) is 0 Å². The normalized spacial score (nSPS) is 24.1. The highest BCUT2D eigenvalue weighted by Gasteiger charge is 2.45. The molecule has 0 amide bonds. The van der Waals surface area contributed by atoms with Gasteiger partial charge in [-0.2, -0.15) is 0 Å². The molecule has 1 aliphatic carbocycles. The Morgan fingerprint density at radius 2 is 1.78 bits per heavy atom. The van der Waals surface area contributed by atoms with Gasteiger partial charge in [-0.05, 0) is 75.2 Å². The van der Waals surface area contributed by atoms with Crippen LogP contribution in [0.15, 0.2) is 24.3 Å². The molecule has 0 spiro atoms. The molecule has 2 fully saturated rings. The lowest BCUT2D eigenvalue weighted by molar-refractivity contribution is 0.231. The van der Waals surface area contributed by atoms with Crippen LogP contribution in [0, 0.1) is 0 Å². The molecule has 2 aliphatic rings. The predicted octanol–water partition coefficient (Wildman–Crippen LogP) is 4.25. The number of likely N-dealkylation sites (tertiary alicyclic amines) is 1. The Morgan fingerprint density at radius 1 is 1.17 bits per heavy atom. The van der Waals surface area contributed by atoms with E-state index in [9.17, 15) is 0 Å². The van der Waals surface area contributed by atoms with E-state index in [0.29, 0.717) is 5.41 Å². The highest BCUT2D eigenvalue weighted by molar-refractivity contribution is 6.30. The van der Waals surface area contributed by atoms with Crippen LogP contribution in [0.5, 0.6) is 0 Å². The first-order valence-corrected chi connectivity index (χ1v) is 7.58. The number of hydrogen-bond donors (Lipinski definition) is 0. The van der Waals surface area contributed by atoms with Crippen LogP contribution in [0.2, 0.25) is 5.02 Å². The summed E-state index contributed by atoms with van der Waals surface area (Å²) in [6.45, 7) is 5.01. The molecule has 1 aromatic carbocycles. The molecule has 1 heterocycles. The van der Waals surface area contributed by atoms with Crippen LogP contribution < -0.4 is 0 Å². The average Bonchev–Trinajstić information content (AvgIpc) is 2.94. The van der Waals surface area contributed by atoms with Crippen molar-refractivity contribution in [1.29, 1.82) is 0 Å². The summed E-state index contributed by atoms with van der Waals surface area (Å²) in [4.78, 5) is 2.66. The van der Waals surface area contributed by atoms with Crippen LogP contribution in [0.25, 0.3) is 0 Å². The Balaban J connectivity index is 1.69. The van der Waals surface area contributed by atoms with Crippen molar-refractivity contribution >= 4 is 11.6 Å². The second kappa shape index (κ2) is 4.86. The van der Waals surface area contributed by atoms with Crippen LogP contribution in [0.1, 0.15) is 44.6 Å². The Kier molecular flexibility index (Phi) is 3.38. The lowest BCUT2D eigenvalue weighted by Gasteiger charge is -2.28. The molecule has 3 rings (SSSR count). The summed E-state index contributed by atoms with van der Waals surface area (Å²) < 4.78 is 0. The second-order valence-electron chi connectivity index (χ2n) is 6.08. The quantitative estimate of drug-likeness (QED) is 0.785. The molecule has 0 radical (unpaired) electrons. The van der Waals surface area contributed by atoms with Gasteiger partial charge in [0, 0.05) is 11.1 Å². The fraction of sp³-hybridized carbons (Fsp3) is 0.625. The van der Waals surface area contributed by atoms with Crippen LogP contribution in [-0.2, 0) is 5.41 Å². The van der Waals surface area contributed by atoms with Crippen molar-refractivity contribution in [3.8, 4) is 0 Å². The summed E-state index contributed by atoms with van der Waals surface area (Å²) >= 11 is 5.98. The van der Waals surface area contributed by atoms with Crippen LogP contribution >= 0.6 is 11.6 Å². The van der Waals surface area contributed by atoms with Crippen molar-refractivity contribution in [3.05, 3.63) is 34.9 Å². The number of nitrogens with zero attached hydrogens (tertiary/aromatic N) is 1. The van der Waals surface area contributed by atoms with E-state index < -0.39 is 0 Å². The van der Waals surface area contributed by atoms with Crippen molar-refractivity contribution in [1.82, 2.24) is 4.90 Å². The van der Waals surface area contributed by atoms with E-state index in [-0.39, 0.29) is 0 Å². The minimum absolute atomic E-state index is 0.465. The number of benzene rings is 1. The summed E-state index contributed by atoms with van der Waals surface area (Å²) in [7, 11) is 0. The summed E-state index contributed by atoms with van der Waals surface area (Å²) in [5, 5.41) is 0.849. The largest absolute Gasteiger partial charge is 0.301 e. The van der Waals surface area contributed by atoms with Gasteiger partial charge in [-0.1, -0.05) is 23.7 Å². The van der Waals surface area contributed by atoms with Gasteiger partial charge in [-0.15, -0.1) is 0 Å². The predicted molar refractivity (Wildman–Crippen MR) is 77.3 cm³/mol. The molecule has 18 heavy (non-hydrogen) atoms. The molecule has 0 N–H and O–H groups in total. The van der Waals surface area contributed by atoms with Gasteiger partial charge in [0.2, 0.25) is 0 Å². The number of halogens is 1. The smallest absolute Gasteiger partial charge is 0.0406 e. The van der Waals surface area contributed by atoms with E-state index in [1.807, 2.05) is 12.1 Å². The molecule has 1 unspecified atom stereocenters. The first-order chi connectivity index (χ1) is 8.70. The average molecular weight is 264 g/mol. The Labute approximate surface area is 115 Å². The van der Waals surface area contributed by atoms with E-state index in [4.69, 9.17) is 11.6 Å². The monoisotopic (exact) mass is 263 g/mol. The Morgan fingerprint density at radius 3 is 2.33 bits per heavy atom. The zero-order valence-electron chi connectivity index (χ0n) is 11.2. The summed E-state index contributed by atoms with van der Waals surface area (Å²) in [5.41, 5.74) is 1.96. The van der Waals surface area contributed by atoms with Crippen molar-refractivity contribution in [2.75, 3.05) is 13.1 Å². The van der Waals surface area contributed by atoms with Crippen molar-refractivity contribution in [2.45, 2.75) is 50.5 Å². The zero-order chi connectivity index (χ0) is 12.6. The third kappa shape index (κ3) is 2.44. The van der Waals surface area contributed by atoms with E-state index in [1.165, 1.54) is 50.8 Å². The van der Waals surface area contributed by atoms with Gasteiger partial charge in [0.1, 0.15) is 0 Å². The molecule has 98 valence electrons. The van der Waals surface area contributed by atoms with Gasteiger partial charge in [0.25, 0.3) is 0 Å². The molecule has 1 aromatic rings. The summed E-state index contributed by atoms with van der Waals surface area (Å²) in [6.07, 6.45) is 6.80. The van der Waals surface area contributed by atoms with Gasteiger partial charge in [-0.25, -0.2) is 0 Å². The molecule has 0 bridgehead atoms. The minimum Gasteiger partial charge on any atom is -0.301 e. The van der Waals surface area contributed by atoms with Gasteiger partial charge < -0.3 is 4.90 Å². The summed E-state index contributed by atoms with van der Waals surface area (Å²) in [5.74, 6) is 0. The minimum atomic E-state index is 0.465. The van der Waals surface area contributed by atoms with Gasteiger partial charge >= 0.3 is 0 Å². The SMILES string of the molecule is CC(CC1(c2ccc(Cl)cc2)CC1)N1CCCC1. The third-order valence-electron chi connectivity index (χ3n) is 4.76. The van der Waals surface area contributed by atoms with Crippen molar-refractivity contribution in [2.24, 2.45) is 0 Å². The molecule has 1 nitrogen and oxygen atoms in total. The fourth-order valence-corrected chi connectivity index (χ4v) is 3.57. The summed E-state index contributed by atoms with van der Waals surface area (Å²) in [6, 6.07) is 9.26. The van der Waals surface area contributed by atoms with Crippen LogP contribution in [-0.4, -0.2) is 24.0 Å². The van der Waals surface area contributed by atoms with Crippen molar-refractivity contribution < 1.29 is 0 Å². The maximum absolute atomic E-state index is 5.98. The molecule has 1 aliphatic heterocycles. The number of hydrogen-bond acceptors (Lipinski definition) is 1. The molecule has 1 saturated carbocycles. The zero-order valence-corrected chi connectivity index (χ0v) is 11.9. The molecule has 0 aromatic heterocycles. The maximum atomic E-state index is 5.98. The number of rotatable bonds is 4. The highest BCUT2D eigenvalue weighted by atomic mass is 35.5. The van der Waals surface area contributed by atoms with Gasteiger partial charge in [0.15, 0.2) is 0 Å². The molecule has 1 atom stereocenters. The van der Waals surface area contributed by atoms with E-state index >= 15 is 0 Å². The van der Waals surface area contributed by atoms with E-state index in [0.717, 1.165) is 11.1 Å². The standard InChI is InChI=1S/C16H22ClN/c1-13(18-10-2-3-11-18)12-16(8-9-16)14-4-6-15(17)7-5-14/h4-7,13H,2-3,8-12H2,1H3. The lowest BCUT2D eigenvalue weighted by Crippen LogP contribution is -2.33. The molecular formula is C16H22ClN. The topological polar surface area (TPSA) is 3.24 Å². The van der Waals surface area contributed by atoms with Crippen molar-refractivity contribution in [3.63, 3.8) is 0 Å². The van der Waals surface area contributed by atoms with E-state index in [2.05, 4.69) is 24.0 Å². The van der Waals surface area contributed by atoms with Crippen LogP contribution in [0.4, 0.5) is 0 Å². The molecule has 2 heteroatoms. The first-order valence-electron chi connectivity index (χ1n) is 7.20. The molecule has 1 saturated heterocycles. The second-order valence-corrected chi connectivity index (χ2v) is 6.52. The van der Waals surface area contributed by atoms with E-state index in [1.54, 1.807) is 0 Å². The fourth-order valence-electron chi connectivity index (χ4n) is 3.44. The third-order valence-corrected chi connectivity index (χ3v) is 5.01. The Hall–Kier alpha value is -0.530. The maximum Gasteiger partial charge on any atom is 0.0406 e. The molecular weight excluding hydrogens is 242 g/mol. The Bertz CT molecular complexity index is 402. The highest BCUT2D eigenvalue weighted by Crippen LogP contribution is 2.52. The van der Waals surface area contributed by atoms with Crippen LogP contribution in [0.3, 0.4) is 0 Å². The lowest BCUT2D eigenvalue weighted by atomic mass is 9.89. The van der Waals surface area contributed by atoms with Gasteiger partial charge in [-0.3, -0.25) is 0 Å². The first kappa shape index (κ1) is 12.5.